The molecule has 4 rings (SSSR count). The summed E-state index contributed by atoms with van der Waals surface area (Å²) in [5.41, 5.74) is 4.06. The number of hydrogen-bond donors (Lipinski definition) is 1. The van der Waals surface area contributed by atoms with E-state index in [0.29, 0.717) is 5.69 Å². The van der Waals surface area contributed by atoms with E-state index in [-0.39, 0.29) is 34.6 Å². The van der Waals surface area contributed by atoms with E-state index < -0.39 is 41.4 Å². The summed E-state index contributed by atoms with van der Waals surface area (Å²) in [4.78, 5) is 40.8. The molecule has 0 aromatic heterocycles. The summed E-state index contributed by atoms with van der Waals surface area (Å²) in [5, 5.41) is 10.1. The third-order valence-electron chi connectivity index (χ3n) is 5.99. The average Bonchev–Trinajstić information content (AvgIpc) is 3.08. The van der Waals surface area contributed by atoms with Gasteiger partial charge in [0.15, 0.2) is 5.41 Å². The van der Waals surface area contributed by atoms with Crippen molar-refractivity contribution in [2.24, 2.45) is 5.73 Å². The van der Waals surface area contributed by atoms with E-state index in [9.17, 15) is 24.0 Å². The minimum atomic E-state index is -2.07. The number of nitrogens with zero attached hydrogens (tertiary/aromatic N) is 2. The maximum absolute atomic E-state index is 14.5. The van der Waals surface area contributed by atoms with Gasteiger partial charge in [-0.05, 0) is 12.1 Å². The zero-order valence-corrected chi connectivity index (χ0v) is 18.8. The monoisotopic (exact) mass is 477 g/mol. The van der Waals surface area contributed by atoms with Crippen LogP contribution in [0.25, 0.3) is 0 Å². The molecule has 10 heteroatoms. The number of rotatable bonds is 5. The van der Waals surface area contributed by atoms with E-state index in [4.69, 9.17) is 19.9 Å². The molecule has 0 unspecified atom stereocenters. The molecule has 1 atom stereocenters. The molecule has 0 radical (unpaired) electrons. The molecule has 2 aromatic rings. The van der Waals surface area contributed by atoms with Crippen LogP contribution in [-0.2, 0) is 40.6 Å². The first-order chi connectivity index (χ1) is 16.8. The molecular formula is C25H20FN3O6. The molecule has 2 N–H and O–H groups in total. The Hall–Kier alpha value is -4.65. The van der Waals surface area contributed by atoms with Gasteiger partial charge in [-0.1, -0.05) is 36.4 Å². The first-order valence-corrected chi connectivity index (χ1v) is 10.4. The Morgan fingerprint density at radius 1 is 1.14 bits per heavy atom. The van der Waals surface area contributed by atoms with Crippen LogP contribution < -0.4 is 10.6 Å². The fourth-order valence-electron chi connectivity index (χ4n) is 4.48. The normalized spacial score (nSPS) is 18.8. The van der Waals surface area contributed by atoms with Crippen molar-refractivity contribution in [3.8, 4) is 6.07 Å². The first kappa shape index (κ1) is 23.5. The van der Waals surface area contributed by atoms with Gasteiger partial charge in [-0.3, -0.25) is 9.59 Å². The second kappa shape index (κ2) is 8.95. The summed E-state index contributed by atoms with van der Waals surface area (Å²) < 4.78 is 29.7. The van der Waals surface area contributed by atoms with Crippen LogP contribution in [0.3, 0.4) is 0 Å². The fourth-order valence-corrected chi connectivity index (χ4v) is 4.48. The number of amides is 1. The van der Waals surface area contributed by atoms with E-state index in [1.54, 1.807) is 30.3 Å². The largest absolute Gasteiger partial charge is 0.469 e. The van der Waals surface area contributed by atoms with Gasteiger partial charge in [-0.25, -0.2) is 9.18 Å². The van der Waals surface area contributed by atoms with Crippen LogP contribution >= 0.6 is 0 Å². The van der Waals surface area contributed by atoms with Crippen LogP contribution in [0.4, 0.5) is 10.1 Å². The van der Waals surface area contributed by atoms with Gasteiger partial charge < -0.3 is 24.8 Å². The van der Waals surface area contributed by atoms with Crippen molar-refractivity contribution in [2.45, 2.75) is 18.4 Å². The van der Waals surface area contributed by atoms with E-state index in [1.165, 1.54) is 23.1 Å². The molecule has 0 fully saturated rings. The van der Waals surface area contributed by atoms with Gasteiger partial charge in [0.1, 0.15) is 35.2 Å². The molecule has 2 aliphatic heterocycles. The quantitative estimate of drug-likeness (QED) is 0.649. The molecule has 178 valence electrons. The van der Waals surface area contributed by atoms with Crippen LogP contribution in [0.15, 0.2) is 71.3 Å². The Balaban J connectivity index is 2.03. The molecule has 0 saturated carbocycles. The van der Waals surface area contributed by atoms with Gasteiger partial charge in [0.05, 0.1) is 20.8 Å². The number of halogens is 1. The number of esters is 2. The van der Waals surface area contributed by atoms with Gasteiger partial charge in [-0.15, -0.1) is 0 Å². The van der Waals surface area contributed by atoms with Crippen molar-refractivity contribution >= 4 is 23.5 Å². The molecule has 2 heterocycles. The zero-order valence-electron chi connectivity index (χ0n) is 18.8. The smallest absolute Gasteiger partial charge is 0.339 e. The molecule has 9 nitrogen and oxygen atoms in total. The number of carbonyl (C=O) groups excluding carboxylic acids is 3. The number of para-hydroxylation sites is 1. The standard InChI is InChI=1S/C25H20FN3O6/c1-33-20(30)11-19-21(23(31)34-2)25(16(12-27)22(28)35-19)15-8-4-6-10-18(15)29(24(25)32)13-14-7-3-5-9-17(14)26/h3-10H,11,13,28H2,1-2H3/t25-/m0/s1. The summed E-state index contributed by atoms with van der Waals surface area (Å²) in [5.74, 6) is -3.78. The van der Waals surface area contributed by atoms with Gasteiger partial charge in [0.2, 0.25) is 11.8 Å². The minimum Gasteiger partial charge on any atom is -0.469 e. The minimum absolute atomic E-state index is 0.190. The average molecular weight is 477 g/mol. The Morgan fingerprint density at radius 3 is 2.49 bits per heavy atom. The van der Waals surface area contributed by atoms with Gasteiger partial charge >= 0.3 is 11.9 Å². The third kappa shape index (κ3) is 3.49. The van der Waals surface area contributed by atoms with Crippen molar-refractivity contribution in [3.63, 3.8) is 0 Å². The molecule has 35 heavy (non-hydrogen) atoms. The lowest BCUT2D eigenvalue weighted by Crippen LogP contribution is -2.48. The Kier molecular flexibility index (Phi) is 6.01. The van der Waals surface area contributed by atoms with Crippen molar-refractivity contribution < 1.29 is 33.0 Å². The van der Waals surface area contributed by atoms with Gasteiger partial charge in [-0.2, -0.15) is 5.26 Å². The highest BCUT2D eigenvalue weighted by atomic mass is 19.1. The maximum Gasteiger partial charge on any atom is 0.339 e. The summed E-state index contributed by atoms with van der Waals surface area (Å²) in [6, 6.07) is 14.3. The zero-order chi connectivity index (χ0) is 25.3. The van der Waals surface area contributed by atoms with Gasteiger partial charge in [0, 0.05) is 16.8 Å². The number of benzene rings is 2. The van der Waals surface area contributed by atoms with Crippen molar-refractivity contribution in [1.82, 2.24) is 0 Å². The number of hydrogen-bond acceptors (Lipinski definition) is 8. The van der Waals surface area contributed by atoms with Crippen LogP contribution in [0.5, 0.6) is 0 Å². The second-order valence-electron chi connectivity index (χ2n) is 7.75. The predicted molar refractivity (Wildman–Crippen MR) is 119 cm³/mol. The van der Waals surface area contributed by atoms with E-state index >= 15 is 0 Å². The Labute approximate surface area is 199 Å². The Morgan fingerprint density at radius 2 is 1.83 bits per heavy atom. The number of carbonyl (C=O) groups is 3. The number of ether oxygens (including phenoxy) is 3. The molecule has 0 aliphatic carbocycles. The van der Waals surface area contributed by atoms with E-state index in [2.05, 4.69) is 0 Å². The lowest BCUT2D eigenvalue weighted by atomic mass is 9.68. The number of anilines is 1. The lowest BCUT2D eigenvalue weighted by Gasteiger charge is -2.35. The van der Waals surface area contributed by atoms with Crippen molar-refractivity contribution in [3.05, 3.63) is 88.3 Å². The van der Waals surface area contributed by atoms with Gasteiger partial charge in [0.25, 0.3) is 0 Å². The molecule has 1 spiro atoms. The fraction of sp³-hybridized carbons (Fsp3) is 0.200. The molecular weight excluding hydrogens is 457 g/mol. The van der Waals surface area contributed by atoms with Crippen LogP contribution in [0.2, 0.25) is 0 Å². The SMILES string of the molecule is COC(=O)CC1=C(C(=O)OC)[C@@]2(C(=O)N(Cc3ccccc3F)c3ccccc32)C(C#N)=C(N)O1. The number of fused-ring (bicyclic) bond motifs is 2. The number of methoxy groups -OCH3 is 2. The second-order valence-corrected chi connectivity index (χ2v) is 7.75. The molecule has 1 amide bonds. The summed E-state index contributed by atoms with van der Waals surface area (Å²) >= 11 is 0. The van der Waals surface area contributed by atoms with Crippen LogP contribution in [-0.4, -0.2) is 32.1 Å². The Bertz CT molecular complexity index is 1360. The van der Waals surface area contributed by atoms with Crippen LogP contribution in [0, 0.1) is 17.1 Å². The highest BCUT2D eigenvalue weighted by Crippen LogP contribution is 2.54. The molecule has 2 aliphatic rings. The van der Waals surface area contributed by atoms with E-state index in [0.717, 1.165) is 14.2 Å². The number of nitriles is 1. The van der Waals surface area contributed by atoms with E-state index in [1.807, 2.05) is 6.07 Å². The summed E-state index contributed by atoms with van der Waals surface area (Å²) in [7, 11) is 2.24. The molecule has 0 bridgehead atoms. The topological polar surface area (TPSA) is 132 Å². The molecule has 2 aromatic carbocycles. The van der Waals surface area contributed by atoms with Crippen LogP contribution in [0.1, 0.15) is 17.5 Å². The highest BCUT2D eigenvalue weighted by Gasteiger charge is 2.62. The summed E-state index contributed by atoms with van der Waals surface area (Å²) in [6.07, 6.45) is -0.551. The van der Waals surface area contributed by atoms with Crippen molar-refractivity contribution in [2.75, 3.05) is 19.1 Å². The molecule has 0 saturated heterocycles. The van der Waals surface area contributed by atoms with Crippen molar-refractivity contribution in [1.29, 1.82) is 5.26 Å². The highest BCUT2D eigenvalue weighted by molar-refractivity contribution is 6.18. The lowest BCUT2D eigenvalue weighted by molar-refractivity contribution is -0.141. The predicted octanol–water partition coefficient (Wildman–Crippen LogP) is 2.32. The third-order valence-corrected chi connectivity index (χ3v) is 5.99. The first-order valence-electron chi connectivity index (χ1n) is 10.4. The maximum atomic E-state index is 14.5. The number of nitrogens with two attached hydrogens (primary N) is 1. The summed E-state index contributed by atoms with van der Waals surface area (Å²) in [6.45, 7) is -0.190.